The van der Waals surface area contributed by atoms with Crippen molar-refractivity contribution in [1.29, 1.82) is 0 Å². The average Bonchev–Trinajstić information content (AvgIpc) is 2.33. The van der Waals surface area contributed by atoms with Crippen molar-refractivity contribution in [2.75, 3.05) is 19.8 Å². The Balaban J connectivity index is 2.26. The van der Waals surface area contributed by atoms with Crippen molar-refractivity contribution in [1.82, 2.24) is 5.32 Å². The molecule has 0 spiro atoms. The Kier molecular flexibility index (Phi) is 5.94. The Hall–Kier alpha value is -1.13. The number of halogens is 1. The molecule has 1 unspecified atom stereocenters. The standard InChI is InChI=1S/C13H20FNO2/c1-10-4-3-5-13(6-10)17-9-12(16)8-15-11(2)7-14/h3-6,11-12,15-16H,7-9H2,1-2H3/t11?,12-/m1/s1. The summed E-state index contributed by atoms with van der Waals surface area (Å²) in [6.07, 6.45) is -0.635. The van der Waals surface area contributed by atoms with E-state index in [9.17, 15) is 9.50 Å². The second-order valence-electron chi connectivity index (χ2n) is 4.24. The molecule has 1 aromatic carbocycles. The summed E-state index contributed by atoms with van der Waals surface area (Å²) in [6, 6.07) is 7.40. The van der Waals surface area contributed by atoms with Crippen molar-refractivity contribution in [3.05, 3.63) is 29.8 Å². The quantitative estimate of drug-likeness (QED) is 0.763. The van der Waals surface area contributed by atoms with Crippen LogP contribution in [0, 0.1) is 6.92 Å². The second kappa shape index (κ2) is 7.25. The number of rotatable bonds is 7. The maximum Gasteiger partial charge on any atom is 0.119 e. The average molecular weight is 241 g/mol. The van der Waals surface area contributed by atoms with Crippen LogP contribution < -0.4 is 10.1 Å². The minimum Gasteiger partial charge on any atom is -0.491 e. The molecule has 96 valence electrons. The van der Waals surface area contributed by atoms with Crippen molar-refractivity contribution in [2.24, 2.45) is 0 Å². The maximum absolute atomic E-state index is 12.2. The molecule has 0 fully saturated rings. The molecule has 0 radical (unpaired) electrons. The van der Waals surface area contributed by atoms with Crippen LogP contribution >= 0.6 is 0 Å². The topological polar surface area (TPSA) is 41.5 Å². The summed E-state index contributed by atoms with van der Waals surface area (Å²) in [5.41, 5.74) is 1.11. The number of alkyl halides is 1. The minimum absolute atomic E-state index is 0.204. The molecule has 2 N–H and O–H groups in total. The molecule has 3 nitrogen and oxygen atoms in total. The Morgan fingerprint density at radius 1 is 1.47 bits per heavy atom. The zero-order valence-corrected chi connectivity index (χ0v) is 10.3. The highest BCUT2D eigenvalue weighted by atomic mass is 19.1. The molecule has 17 heavy (non-hydrogen) atoms. The van der Waals surface area contributed by atoms with E-state index in [0.29, 0.717) is 6.54 Å². The van der Waals surface area contributed by atoms with Gasteiger partial charge in [0.1, 0.15) is 25.1 Å². The first-order valence-corrected chi connectivity index (χ1v) is 5.78. The zero-order chi connectivity index (χ0) is 12.7. The fourth-order valence-corrected chi connectivity index (χ4v) is 1.35. The molecule has 0 bridgehead atoms. The number of aliphatic hydroxyl groups excluding tert-OH is 1. The normalized spacial score (nSPS) is 14.4. The molecule has 0 heterocycles. The summed E-state index contributed by atoms with van der Waals surface area (Å²) < 4.78 is 17.6. The van der Waals surface area contributed by atoms with E-state index >= 15 is 0 Å². The lowest BCUT2D eigenvalue weighted by atomic mass is 10.2. The van der Waals surface area contributed by atoms with Gasteiger partial charge < -0.3 is 15.2 Å². The fraction of sp³-hybridized carbons (Fsp3) is 0.538. The molecule has 0 aliphatic heterocycles. The monoisotopic (exact) mass is 241 g/mol. The van der Waals surface area contributed by atoms with Gasteiger partial charge in [0.2, 0.25) is 0 Å². The van der Waals surface area contributed by atoms with Crippen LogP contribution in [0.1, 0.15) is 12.5 Å². The van der Waals surface area contributed by atoms with Gasteiger partial charge >= 0.3 is 0 Å². The van der Waals surface area contributed by atoms with Gasteiger partial charge in [-0.25, -0.2) is 4.39 Å². The molecule has 0 aliphatic rings. The number of nitrogens with one attached hydrogen (secondary N) is 1. The minimum atomic E-state index is -0.635. The van der Waals surface area contributed by atoms with Crippen LogP contribution in [0.15, 0.2) is 24.3 Å². The number of benzene rings is 1. The van der Waals surface area contributed by atoms with Crippen LogP contribution in [-0.2, 0) is 0 Å². The molecule has 0 aromatic heterocycles. The van der Waals surface area contributed by atoms with Gasteiger partial charge in [0, 0.05) is 12.6 Å². The summed E-state index contributed by atoms with van der Waals surface area (Å²) in [5, 5.41) is 12.5. The summed E-state index contributed by atoms with van der Waals surface area (Å²) in [5.74, 6) is 0.739. The molecular weight excluding hydrogens is 221 g/mol. The molecule has 1 aromatic rings. The molecule has 0 saturated carbocycles. The highest BCUT2D eigenvalue weighted by molar-refractivity contribution is 5.27. The van der Waals surface area contributed by atoms with Crippen LogP contribution in [0.25, 0.3) is 0 Å². The summed E-state index contributed by atoms with van der Waals surface area (Å²) in [7, 11) is 0. The van der Waals surface area contributed by atoms with Gasteiger partial charge in [0.25, 0.3) is 0 Å². The molecule has 1 rings (SSSR count). The number of ether oxygens (including phenoxy) is 1. The highest BCUT2D eigenvalue weighted by Gasteiger charge is 2.07. The molecule has 0 saturated heterocycles. The van der Waals surface area contributed by atoms with E-state index in [1.54, 1.807) is 6.92 Å². The maximum atomic E-state index is 12.2. The SMILES string of the molecule is Cc1cccc(OC[C@H](O)CNC(C)CF)c1. The van der Waals surface area contributed by atoms with E-state index in [-0.39, 0.29) is 12.6 Å². The number of aryl methyl sites for hydroxylation is 1. The highest BCUT2D eigenvalue weighted by Crippen LogP contribution is 2.12. The Morgan fingerprint density at radius 2 is 2.24 bits per heavy atom. The molecule has 0 aliphatic carbocycles. The Morgan fingerprint density at radius 3 is 2.88 bits per heavy atom. The van der Waals surface area contributed by atoms with E-state index in [2.05, 4.69) is 5.32 Å². The third-order valence-electron chi connectivity index (χ3n) is 2.37. The van der Waals surface area contributed by atoms with Crippen molar-refractivity contribution in [3.8, 4) is 5.75 Å². The van der Waals surface area contributed by atoms with Crippen molar-refractivity contribution in [2.45, 2.75) is 26.0 Å². The number of hydrogen-bond acceptors (Lipinski definition) is 3. The molecule has 4 heteroatoms. The summed E-state index contributed by atoms with van der Waals surface area (Å²) in [6.45, 7) is 3.81. The lowest BCUT2D eigenvalue weighted by molar-refractivity contribution is 0.103. The predicted molar refractivity (Wildman–Crippen MR) is 66.1 cm³/mol. The summed E-state index contributed by atoms with van der Waals surface area (Å²) >= 11 is 0. The molecular formula is C13H20FNO2. The fourth-order valence-electron chi connectivity index (χ4n) is 1.35. The largest absolute Gasteiger partial charge is 0.491 e. The Bertz CT molecular complexity index is 333. The first-order valence-electron chi connectivity index (χ1n) is 5.78. The van der Waals surface area contributed by atoms with Crippen LogP contribution in [0.3, 0.4) is 0 Å². The van der Waals surface area contributed by atoms with Gasteiger partial charge in [0.05, 0.1) is 0 Å². The van der Waals surface area contributed by atoms with Gasteiger partial charge in [0.15, 0.2) is 0 Å². The molecule has 0 amide bonds. The zero-order valence-electron chi connectivity index (χ0n) is 10.3. The van der Waals surface area contributed by atoms with Gasteiger partial charge in [-0.05, 0) is 31.5 Å². The van der Waals surface area contributed by atoms with E-state index in [4.69, 9.17) is 4.74 Å². The number of aliphatic hydroxyl groups is 1. The van der Waals surface area contributed by atoms with Crippen LogP contribution in [0.4, 0.5) is 4.39 Å². The van der Waals surface area contributed by atoms with Crippen molar-refractivity contribution >= 4 is 0 Å². The van der Waals surface area contributed by atoms with Crippen molar-refractivity contribution < 1.29 is 14.2 Å². The Labute approximate surface area is 102 Å². The van der Waals surface area contributed by atoms with Gasteiger partial charge in [-0.15, -0.1) is 0 Å². The smallest absolute Gasteiger partial charge is 0.119 e. The van der Waals surface area contributed by atoms with E-state index < -0.39 is 12.8 Å². The van der Waals surface area contributed by atoms with Gasteiger partial charge in [-0.2, -0.15) is 0 Å². The van der Waals surface area contributed by atoms with Gasteiger partial charge in [-0.1, -0.05) is 12.1 Å². The van der Waals surface area contributed by atoms with E-state index in [1.807, 2.05) is 31.2 Å². The molecule has 2 atom stereocenters. The first kappa shape index (κ1) is 13.9. The number of hydrogen-bond donors (Lipinski definition) is 2. The third-order valence-corrected chi connectivity index (χ3v) is 2.37. The van der Waals surface area contributed by atoms with Crippen LogP contribution in [0.2, 0.25) is 0 Å². The van der Waals surface area contributed by atoms with Crippen LogP contribution in [0.5, 0.6) is 5.75 Å². The van der Waals surface area contributed by atoms with E-state index in [1.165, 1.54) is 0 Å². The first-order chi connectivity index (χ1) is 8.11. The van der Waals surface area contributed by atoms with Crippen LogP contribution in [-0.4, -0.2) is 37.1 Å². The van der Waals surface area contributed by atoms with Crippen molar-refractivity contribution in [3.63, 3.8) is 0 Å². The summed E-state index contributed by atoms with van der Waals surface area (Å²) in [4.78, 5) is 0. The van der Waals surface area contributed by atoms with Gasteiger partial charge in [-0.3, -0.25) is 0 Å². The van der Waals surface area contributed by atoms with E-state index in [0.717, 1.165) is 11.3 Å². The second-order valence-corrected chi connectivity index (χ2v) is 4.24. The lowest BCUT2D eigenvalue weighted by Gasteiger charge is -2.15. The predicted octanol–water partition coefficient (Wildman–Crippen LogP) is 1.68. The lowest BCUT2D eigenvalue weighted by Crippen LogP contribution is -2.37. The third kappa shape index (κ3) is 5.65.